The number of benzene rings is 1. The number of hydrogen-bond donors (Lipinski definition) is 0. The molecule has 1 aromatic carbocycles. The third kappa shape index (κ3) is 3.12. The Labute approximate surface area is 140 Å². The molecule has 2 heterocycles. The van der Waals surface area contributed by atoms with Crippen molar-refractivity contribution in [2.45, 2.75) is 48.8 Å². The molecule has 3 rings (SSSR count). The van der Waals surface area contributed by atoms with Crippen LogP contribution in [0.3, 0.4) is 0 Å². The quantitative estimate of drug-likeness (QED) is 0.758. The summed E-state index contributed by atoms with van der Waals surface area (Å²) in [5.41, 5.74) is -1.13. The van der Waals surface area contributed by atoms with Gasteiger partial charge in [0.2, 0.25) is 0 Å². The van der Waals surface area contributed by atoms with Crippen molar-refractivity contribution in [3.8, 4) is 6.07 Å². The smallest absolute Gasteiger partial charge is 0.294 e. The second-order valence-electron chi connectivity index (χ2n) is 6.41. The molecule has 7 heteroatoms. The lowest BCUT2D eigenvalue weighted by Gasteiger charge is -2.37. The number of alkyl halides is 3. The summed E-state index contributed by atoms with van der Waals surface area (Å²) in [6, 6.07) is 4.46. The first-order valence-electron chi connectivity index (χ1n) is 7.86. The Balaban J connectivity index is 1.92. The Morgan fingerprint density at radius 1 is 1.21 bits per heavy atom. The molecule has 3 nitrogen and oxygen atoms in total. The van der Waals surface area contributed by atoms with Gasteiger partial charge in [0.05, 0.1) is 17.2 Å². The highest BCUT2D eigenvalue weighted by atomic mass is 32.2. The van der Waals surface area contributed by atoms with Crippen LogP contribution in [0.5, 0.6) is 0 Å². The SMILES string of the molecule is N#Cc1ccc(C(F)(F)F)cc1C(=O)C1CC2CCCC(C1)S2=O. The lowest BCUT2D eigenvalue weighted by molar-refractivity contribution is -0.137. The number of rotatable bonds is 2. The molecule has 1 aromatic rings. The third-order valence-electron chi connectivity index (χ3n) is 4.91. The maximum atomic E-state index is 12.9. The van der Waals surface area contributed by atoms with E-state index in [4.69, 9.17) is 5.26 Å². The summed E-state index contributed by atoms with van der Waals surface area (Å²) < 4.78 is 51.0. The number of carbonyl (C=O) groups is 1. The number of nitrogens with zero attached hydrogens (tertiary/aromatic N) is 1. The third-order valence-corrected chi connectivity index (χ3v) is 7.08. The van der Waals surface area contributed by atoms with Crippen molar-refractivity contribution in [2.75, 3.05) is 0 Å². The second kappa shape index (κ2) is 6.32. The molecule has 0 amide bonds. The van der Waals surface area contributed by atoms with Gasteiger partial charge >= 0.3 is 6.18 Å². The molecule has 2 saturated heterocycles. The Hall–Kier alpha value is -1.68. The summed E-state index contributed by atoms with van der Waals surface area (Å²) in [4.78, 5) is 12.8. The van der Waals surface area contributed by atoms with Gasteiger partial charge in [-0.3, -0.25) is 9.00 Å². The Kier molecular flexibility index (Phi) is 4.52. The van der Waals surface area contributed by atoms with Gasteiger partial charge in [-0.1, -0.05) is 6.42 Å². The zero-order chi connectivity index (χ0) is 17.5. The average molecular weight is 355 g/mol. The lowest BCUT2D eigenvalue weighted by atomic mass is 9.83. The van der Waals surface area contributed by atoms with Crippen LogP contribution in [0.25, 0.3) is 0 Å². The van der Waals surface area contributed by atoms with Gasteiger partial charge in [-0.2, -0.15) is 18.4 Å². The number of halogens is 3. The van der Waals surface area contributed by atoms with Gasteiger partial charge in [-0.15, -0.1) is 0 Å². The van der Waals surface area contributed by atoms with E-state index in [0.717, 1.165) is 37.5 Å². The summed E-state index contributed by atoms with van der Waals surface area (Å²) in [6.07, 6.45) is -1.13. The molecule has 2 aliphatic rings. The molecule has 128 valence electrons. The standard InChI is InChI=1S/C17H16F3NO2S/c18-17(19,20)12-5-4-10(9-21)15(8-12)16(22)11-6-13-2-1-3-14(7-11)24(13)23/h4-5,8,11,13-14H,1-3,6-7H2. The van der Waals surface area contributed by atoms with Crippen molar-refractivity contribution in [1.82, 2.24) is 0 Å². The van der Waals surface area contributed by atoms with Crippen LogP contribution in [0.4, 0.5) is 13.2 Å². The normalized spacial score (nSPS) is 29.8. The van der Waals surface area contributed by atoms with E-state index in [-0.39, 0.29) is 21.6 Å². The summed E-state index contributed by atoms with van der Waals surface area (Å²) >= 11 is 0. The molecule has 2 unspecified atom stereocenters. The first kappa shape index (κ1) is 17.2. The number of hydrogen-bond acceptors (Lipinski definition) is 3. The fourth-order valence-electron chi connectivity index (χ4n) is 3.69. The predicted octanol–water partition coefficient (Wildman–Crippen LogP) is 3.84. The molecule has 0 spiro atoms. The van der Waals surface area contributed by atoms with Gasteiger partial charge in [0.1, 0.15) is 0 Å². The maximum Gasteiger partial charge on any atom is 0.416 e. The van der Waals surface area contributed by atoms with Crippen LogP contribution in [-0.2, 0) is 17.0 Å². The van der Waals surface area contributed by atoms with E-state index >= 15 is 0 Å². The van der Waals surface area contributed by atoms with Gasteiger partial charge in [0.15, 0.2) is 5.78 Å². The molecule has 0 saturated carbocycles. The van der Waals surface area contributed by atoms with Crippen LogP contribution in [0.1, 0.15) is 53.6 Å². The molecule has 0 aliphatic carbocycles. The largest absolute Gasteiger partial charge is 0.416 e. The van der Waals surface area contributed by atoms with Crippen LogP contribution < -0.4 is 0 Å². The molecular formula is C17H16F3NO2S. The van der Waals surface area contributed by atoms with Crippen molar-refractivity contribution in [2.24, 2.45) is 5.92 Å². The molecule has 0 aromatic heterocycles. The minimum atomic E-state index is -4.56. The number of fused-ring (bicyclic) bond motifs is 2. The first-order valence-corrected chi connectivity index (χ1v) is 9.14. The Bertz CT molecular complexity index is 722. The molecule has 24 heavy (non-hydrogen) atoms. The molecule has 2 bridgehead atoms. The molecule has 2 fully saturated rings. The van der Waals surface area contributed by atoms with E-state index in [9.17, 15) is 22.2 Å². The highest BCUT2D eigenvalue weighted by molar-refractivity contribution is 7.86. The summed E-state index contributed by atoms with van der Waals surface area (Å²) in [5.74, 6) is -0.875. The van der Waals surface area contributed by atoms with Crippen LogP contribution in [0.15, 0.2) is 18.2 Å². The molecular weight excluding hydrogens is 339 g/mol. The van der Waals surface area contributed by atoms with Crippen LogP contribution in [0, 0.1) is 17.2 Å². The van der Waals surface area contributed by atoms with Gasteiger partial charge < -0.3 is 0 Å². The van der Waals surface area contributed by atoms with E-state index in [2.05, 4.69) is 0 Å². The second-order valence-corrected chi connectivity index (χ2v) is 8.40. The topological polar surface area (TPSA) is 57.9 Å². The zero-order valence-corrected chi connectivity index (χ0v) is 13.6. The molecule has 0 N–H and O–H groups in total. The monoisotopic (exact) mass is 355 g/mol. The summed E-state index contributed by atoms with van der Waals surface area (Å²) in [6.45, 7) is 0. The number of carbonyl (C=O) groups excluding carboxylic acids is 1. The van der Waals surface area contributed by atoms with E-state index in [1.54, 1.807) is 6.07 Å². The molecule has 2 atom stereocenters. The van der Waals surface area contributed by atoms with Gasteiger partial charge in [0.25, 0.3) is 0 Å². The molecule has 0 radical (unpaired) electrons. The fraction of sp³-hybridized carbons (Fsp3) is 0.529. The maximum absolute atomic E-state index is 12.9. The first-order chi connectivity index (χ1) is 11.3. The average Bonchev–Trinajstić information content (AvgIpc) is 2.52. The summed E-state index contributed by atoms with van der Waals surface area (Å²) in [7, 11) is -0.952. The van der Waals surface area contributed by atoms with E-state index in [1.165, 1.54) is 0 Å². The van der Waals surface area contributed by atoms with Crippen molar-refractivity contribution in [1.29, 1.82) is 5.26 Å². The van der Waals surface area contributed by atoms with Crippen LogP contribution in [-0.4, -0.2) is 20.5 Å². The van der Waals surface area contributed by atoms with Crippen LogP contribution >= 0.6 is 0 Å². The fourth-order valence-corrected chi connectivity index (χ4v) is 5.88. The number of Topliss-reactive ketones (excluding diaryl/α,β-unsaturated/α-hetero) is 1. The zero-order valence-electron chi connectivity index (χ0n) is 12.8. The predicted molar refractivity (Wildman–Crippen MR) is 82.8 cm³/mol. The highest BCUT2D eigenvalue weighted by Gasteiger charge is 2.41. The number of nitriles is 1. The summed E-state index contributed by atoms with van der Waals surface area (Å²) in [5, 5.41) is 9.02. The molecule has 2 aliphatic heterocycles. The van der Waals surface area contributed by atoms with Gasteiger partial charge in [-0.05, 0) is 43.9 Å². The van der Waals surface area contributed by atoms with E-state index in [0.29, 0.717) is 12.8 Å². The minimum Gasteiger partial charge on any atom is -0.294 e. The minimum absolute atomic E-state index is 0.0372. The van der Waals surface area contributed by atoms with Gasteiger partial charge in [-0.25, -0.2) is 0 Å². The Morgan fingerprint density at radius 3 is 2.38 bits per heavy atom. The van der Waals surface area contributed by atoms with Gasteiger partial charge in [0, 0.05) is 32.8 Å². The number of ketones is 1. The Morgan fingerprint density at radius 2 is 1.83 bits per heavy atom. The van der Waals surface area contributed by atoms with E-state index < -0.39 is 34.2 Å². The van der Waals surface area contributed by atoms with Crippen molar-refractivity contribution in [3.05, 3.63) is 34.9 Å². The van der Waals surface area contributed by atoms with Crippen molar-refractivity contribution in [3.63, 3.8) is 0 Å². The lowest BCUT2D eigenvalue weighted by Crippen LogP contribution is -2.41. The highest BCUT2D eigenvalue weighted by Crippen LogP contribution is 2.39. The van der Waals surface area contributed by atoms with Crippen molar-refractivity contribution < 1.29 is 22.2 Å². The van der Waals surface area contributed by atoms with Crippen LogP contribution in [0.2, 0.25) is 0 Å². The van der Waals surface area contributed by atoms with Crippen molar-refractivity contribution >= 4 is 16.6 Å². The van der Waals surface area contributed by atoms with E-state index in [1.807, 2.05) is 0 Å².